The van der Waals surface area contributed by atoms with Gasteiger partial charge in [0.15, 0.2) is 0 Å². The van der Waals surface area contributed by atoms with Crippen molar-refractivity contribution in [3.8, 4) is 0 Å². The van der Waals surface area contributed by atoms with Gasteiger partial charge in [-0.15, -0.1) is 0 Å². The fourth-order valence-electron chi connectivity index (χ4n) is 4.77. The Morgan fingerprint density at radius 3 is 1.29 bits per heavy atom. The molecule has 0 aliphatic heterocycles. The number of esters is 1. The fourth-order valence-corrected chi connectivity index (χ4v) is 4.77. The molecular weight excluding hydrogens is 436 g/mol. The van der Waals surface area contributed by atoms with Crippen LogP contribution >= 0.6 is 0 Å². The van der Waals surface area contributed by atoms with Gasteiger partial charge in [-0.1, -0.05) is 129 Å². The van der Waals surface area contributed by atoms with Crippen molar-refractivity contribution in [2.24, 2.45) is 0 Å². The Balaban J connectivity index is 3.98. The standard InChI is InChI=1S/C31H60O4/c1-3-5-7-9-11-13-15-17-19-24-28-31(34)35-29(26-22-20-23-27-30(32)33)25-21-18-16-14-12-10-8-6-4-2/h29H,3-28H2,1-2H3,(H,32,33). The highest BCUT2D eigenvalue weighted by Gasteiger charge is 2.14. The number of carbonyl (C=O) groups excluding carboxylic acids is 1. The van der Waals surface area contributed by atoms with E-state index < -0.39 is 5.97 Å². The van der Waals surface area contributed by atoms with E-state index in [0.717, 1.165) is 44.9 Å². The quantitative estimate of drug-likeness (QED) is 0.0864. The molecular formula is C31H60O4. The van der Waals surface area contributed by atoms with Crippen LogP contribution in [0.2, 0.25) is 0 Å². The lowest BCUT2D eigenvalue weighted by molar-refractivity contribution is -0.150. The van der Waals surface area contributed by atoms with E-state index in [9.17, 15) is 9.59 Å². The average Bonchev–Trinajstić information content (AvgIpc) is 2.83. The second-order valence-electron chi connectivity index (χ2n) is 10.7. The SMILES string of the molecule is CCCCCCCCCCCCC(=O)OC(CCCCCCCCCCC)CCCCCC(=O)O. The van der Waals surface area contributed by atoms with Crippen molar-refractivity contribution in [1.29, 1.82) is 0 Å². The molecule has 0 heterocycles. The molecule has 35 heavy (non-hydrogen) atoms. The smallest absolute Gasteiger partial charge is 0.306 e. The van der Waals surface area contributed by atoms with Crippen LogP contribution in [0.3, 0.4) is 0 Å². The second kappa shape index (κ2) is 27.5. The molecule has 4 nitrogen and oxygen atoms in total. The highest BCUT2D eigenvalue weighted by atomic mass is 16.5. The molecule has 4 heteroatoms. The molecule has 0 aromatic rings. The Bertz CT molecular complexity index is 463. The zero-order valence-electron chi connectivity index (χ0n) is 23.6. The summed E-state index contributed by atoms with van der Waals surface area (Å²) in [6.45, 7) is 4.51. The van der Waals surface area contributed by atoms with Crippen LogP contribution in [0.25, 0.3) is 0 Å². The topological polar surface area (TPSA) is 63.6 Å². The van der Waals surface area contributed by atoms with Gasteiger partial charge in [-0.2, -0.15) is 0 Å². The molecule has 0 radical (unpaired) electrons. The van der Waals surface area contributed by atoms with Gasteiger partial charge in [-0.25, -0.2) is 0 Å². The summed E-state index contributed by atoms with van der Waals surface area (Å²) in [6.07, 6.45) is 29.6. The molecule has 0 aromatic heterocycles. The summed E-state index contributed by atoms with van der Waals surface area (Å²) in [5, 5.41) is 8.81. The van der Waals surface area contributed by atoms with Gasteiger partial charge in [0.2, 0.25) is 0 Å². The molecule has 0 rings (SSSR count). The molecule has 208 valence electrons. The lowest BCUT2D eigenvalue weighted by Gasteiger charge is -2.18. The van der Waals surface area contributed by atoms with Gasteiger partial charge in [0, 0.05) is 12.8 Å². The Morgan fingerprint density at radius 1 is 0.514 bits per heavy atom. The van der Waals surface area contributed by atoms with E-state index in [0.29, 0.717) is 12.8 Å². The first-order chi connectivity index (χ1) is 17.1. The molecule has 0 aliphatic carbocycles. The van der Waals surface area contributed by atoms with E-state index in [2.05, 4.69) is 13.8 Å². The molecule has 0 fully saturated rings. The van der Waals surface area contributed by atoms with Crippen LogP contribution in [0.15, 0.2) is 0 Å². The zero-order valence-corrected chi connectivity index (χ0v) is 23.6. The minimum atomic E-state index is -0.723. The maximum Gasteiger partial charge on any atom is 0.306 e. The van der Waals surface area contributed by atoms with Crippen molar-refractivity contribution in [2.75, 3.05) is 0 Å². The summed E-state index contributed by atoms with van der Waals surface area (Å²) in [5.74, 6) is -0.754. The molecule has 1 unspecified atom stereocenters. The summed E-state index contributed by atoms with van der Waals surface area (Å²) in [4.78, 5) is 23.1. The monoisotopic (exact) mass is 496 g/mol. The van der Waals surface area contributed by atoms with Gasteiger partial charge >= 0.3 is 11.9 Å². The molecule has 1 N–H and O–H groups in total. The third kappa shape index (κ3) is 27.4. The van der Waals surface area contributed by atoms with Crippen molar-refractivity contribution < 1.29 is 19.4 Å². The van der Waals surface area contributed by atoms with Crippen molar-refractivity contribution in [2.45, 2.75) is 187 Å². The highest BCUT2D eigenvalue weighted by Crippen LogP contribution is 2.18. The molecule has 0 aliphatic rings. The van der Waals surface area contributed by atoms with Crippen LogP contribution in [0, 0.1) is 0 Å². The minimum Gasteiger partial charge on any atom is -0.481 e. The lowest BCUT2D eigenvalue weighted by Crippen LogP contribution is -2.18. The van der Waals surface area contributed by atoms with Gasteiger partial charge in [0.05, 0.1) is 0 Å². The van der Waals surface area contributed by atoms with Crippen molar-refractivity contribution in [3.05, 3.63) is 0 Å². The number of hydrogen-bond acceptors (Lipinski definition) is 3. The van der Waals surface area contributed by atoms with Crippen molar-refractivity contribution >= 4 is 11.9 Å². The van der Waals surface area contributed by atoms with Crippen molar-refractivity contribution in [3.63, 3.8) is 0 Å². The summed E-state index contributed by atoms with van der Waals surface area (Å²) < 4.78 is 5.88. The Labute approximate surface area is 218 Å². The highest BCUT2D eigenvalue weighted by molar-refractivity contribution is 5.69. The number of hydrogen-bond donors (Lipinski definition) is 1. The van der Waals surface area contributed by atoms with Crippen LogP contribution in [-0.4, -0.2) is 23.1 Å². The normalized spacial score (nSPS) is 12.1. The first kappa shape index (κ1) is 33.9. The number of carboxylic acids is 1. The molecule has 1 atom stereocenters. The summed E-state index contributed by atoms with van der Waals surface area (Å²) in [7, 11) is 0. The van der Waals surface area contributed by atoms with Crippen LogP contribution in [0.4, 0.5) is 0 Å². The lowest BCUT2D eigenvalue weighted by atomic mass is 10.0. The van der Waals surface area contributed by atoms with Gasteiger partial charge in [0.25, 0.3) is 0 Å². The van der Waals surface area contributed by atoms with Gasteiger partial charge in [0.1, 0.15) is 6.10 Å². The van der Waals surface area contributed by atoms with Crippen LogP contribution in [0.1, 0.15) is 181 Å². The van der Waals surface area contributed by atoms with E-state index in [1.807, 2.05) is 0 Å². The van der Waals surface area contributed by atoms with Gasteiger partial charge in [-0.05, 0) is 38.5 Å². The number of carbonyl (C=O) groups is 2. The zero-order chi connectivity index (χ0) is 25.8. The van der Waals surface area contributed by atoms with E-state index in [1.54, 1.807) is 0 Å². The fraction of sp³-hybridized carbons (Fsp3) is 0.935. The number of ether oxygens (including phenoxy) is 1. The Kier molecular flexibility index (Phi) is 26.7. The molecule has 0 aromatic carbocycles. The van der Waals surface area contributed by atoms with Gasteiger partial charge < -0.3 is 9.84 Å². The molecule has 0 amide bonds. The van der Waals surface area contributed by atoms with E-state index in [4.69, 9.17) is 9.84 Å². The predicted molar refractivity (Wildman–Crippen MR) is 149 cm³/mol. The molecule has 0 saturated carbocycles. The van der Waals surface area contributed by atoms with E-state index in [-0.39, 0.29) is 18.5 Å². The van der Waals surface area contributed by atoms with E-state index in [1.165, 1.54) is 103 Å². The second-order valence-corrected chi connectivity index (χ2v) is 10.7. The molecule has 0 saturated heterocycles. The largest absolute Gasteiger partial charge is 0.481 e. The summed E-state index contributed by atoms with van der Waals surface area (Å²) >= 11 is 0. The number of aliphatic carboxylic acids is 1. The van der Waals surface area contributed by atoms with Crippen LogP contribution in [-0.2, 0) is 14.3 Å². The van der Waals surface area contributed by atoms with Crippen LogP contribution < -0.4 is 0 Å². The Morgan fingerprint density at radius 2 is 0.857 bits per heavy atom. The third-order valence-corrected chi connectivity index (χ3v) is 7.08. The van der Waals surface area contributed by atoms with Crippen LogP contribution in [0.5, 0.6) is 0 Å². The summed E-state index contributed by atoms with van der Waals surface area (Å²) in [5.41, 5.74) is 0. The predicted octanol–water partition coefficient (Wildman–Crippen LogP) is 10.2. The Hall–Kier alpha value is -1.06. The first-order valence-corrected chi connectivity index (χ1v) is 15.5. The van der Waals surface area contributed by atoms with Gasteiger partial charge in [-0.3, -0.25) is 9.59 Å². The van der Waals surface area contributed by atoms with Crippen molar-refractivity contribution in [1.82, 2.24) is 0 Å². The minimum absolute atomic E-state index is 0.0139. The summed E-state index contributed by atoms with van der Waals surface area (Å²) in [6, 6.07) is 0. The first-order valence-electron chi connectivity index (χ1n) is 15.5. The number of unbranched alkanes of at least 4 members (excludes halogenated alkanes) is 19. The van der Waals surface area contributed by atoms with E-state index >= 15 is 0 Å². The average molecular weight is 497 g/mol. The maximum absolute atomic E-state index is 12.4. The maximum atomic E-state index is 12.4. The number of carboxylic acid groups (broad SMARTS) is 1. The molecule has 0 spiro atoms. The third-order valence-electron chi connectivity index (χ3n) is 7.08. The molecule has 0 bridgehead atoms. The number of rotatable bonds is 28.